The Morgan fingerprint density at radius 2 is 1.92 bits per heavy atom. The van der Waals surface area contributed by atoms with E-state index in [4.69, 9.17) is 5.73 Å². The van der Waals surface area contributed by atoms with E-state index < -0.39 is 0 Å². The topological polar surface area (TPSA) is 26.0 Å². The minimum atomic E-state index is 0.642. The Labute approximate surface area is 89.6 Å². The molecule has 2 rings (SSSR count). The highest BCUT2D eigenvalue weighted by molar-refractivity contribution is 7.99. The van der Waals surface area contributed by atoms with Crippen LogP contribution in [-0.4, -0.2) is 29.6 Å². The van der Waals surface area contributed by atoms with Gasteiger partial charge in [-0.2, -0.15) is 23.5 Å². The molecular formula is C10H19NS2. The van der Waals surface area contributed by atoms with Gasteiger partial charge in [0.15, 0.2) is 0 Å². The molecular weight excluding hydrogens is 198 g/mol. The molecule has 0 aromatic heterocycles. The molecule has 3 heteroatoms. The summed E-state index contributed by atoms with van der Waals surface area (Å²) in [5.74, 6) is 6.30. The molecule has 1 atom stereocenters. The molecule has 0 aromatic carbocycles. The first-order chi connectivity index (χ1) is 6.37. The van der Waals surface area contributed by atoms with Crippen molar-refractivity contribution in [3.8, 4) is 0 Å². The molecule has 0 saturated carbocycles. The Balaban J connectivity index is 2.06. The van der Waals surface area contributed by atoms with Crippen molar-refractivity contribution in [3.63, 3.8) is 0 Å². The molecule has 2 fully saturated rings. The quantitative estimate of drug-likeness (QED) is 0.729. The van der Waals surface area contributed by atoms with Crippen LogP contribution in [0.3, 0.4) is 0 Å². The summed E-state index contributed by atoms with van der Waals surface area (Å²) in [5, 5.41) is 0. The maximum Gasteiger partial charge on any atom is -0.000707 e. The van der Waals surface area contributed by atoms with Crippen molar-refractivity contribution in [2.45, 2.75) is 19.3 Å². The molecule has 0 bridgehead atoms. The van der Waals surface area contributed by atoms with Crippen molar-refractivity contribution in [2.24, 2.45) is 17.1 Å². The van der Waals surface area contributed by atoms with Gasteiger partial charge >= 0.3 is 0 Å². The SMILES string of the molecule is NCC1CCSCC12CCSCC2. The zero-order chi connectivity index (χ0) is 9.15. The van der Waals surface area contributed by atoms with Crippen LogP contribution in [0.25, 0.3) is 0 Å². The first kappa shape index (κ1) is 10.2. The molecule has 2 N–H and O–H groups in total. The summed E-state index contributed by atoms with van der Waals surface area (Å²) < 4.78 is 0. The number of nitrogens with two attached hydrogens (primary N) is 1. The van der Waals surface area contributed by atoms with E-state index in [0.717, 1.165) is 12.5 Å². The minimum absolute atomic E-state index is 0.642. The second kappa shape index (κ2) is 4.45. The fourth-order valence-corrected chi connectivity index (χ4v) is 5.46. The molecule has 1 nitrogen and oxygen atoms in total. The van der Waals surface area contributed by atoms with Crippen molar-refractivity contribution in [1.29, 1.82) is 0 Å². The number of thioether (sulfide) groups is 2. The molecule has 0 amide bonds. The Morgan fingerprint density at radius 1 is 1.15 bits per heavy atom. The number of rotatable bonds is 1. The van der Waals surface area contributed by atoms with Gasteiger partial charge in [-0.1, -0.05) is 0 Å². The second-order valence-corrected chi connectivity index (χ2v) is 6.58. The Morgan fingerprint density at radius 3 is 2.62 bits per heavy atom. The third-order valence-corrected chi connectivity index (χ3v) is 5.93. The number of hydrogen-bond acceptors (Lipinski definition) is 3. The second-order valence-electron chi connectivity index (χ2n) is 4.25. The van der Waals surface area contributed by atoms with E-state index in [1.54, 1.807) is 0 Å². The summed E-state index contributed by atoms with van der Waals surface area (Å²) in [7, 11) is 0. The van der Waals surface area contributed by atoms with Gasteiger partial charge in [0.25, 0.3) is 0 Å². The van der Waals surface area contributed by atoms with Crippen LogP contribution in [0.1, 0.15) is 19.3 Å². The van der Waals surface area contributed by atoms with Gasteiger partial charge in [-0.3, -0.25) is 0 Å². The molecule has 2 aliphatic rings. The van der Waals surface area contributed by atoms with E-state index in [1.807, 2.05) is 0 Å². The summed E-state index contributed by atoms with van der Waals surface area (Å²) in [4.78, 5) is 0. The molecule has 2 aliphatic heterocycles. The summed E-state index contributed by atoms with van der Waals surface area (Å²) in [6.07, 6.45) is 4.21. The Kier molecular flexibility index (Phi) is 3.49. The first-order valence-electron chi connectivity index (χ1n) is 5.23. The highest BCUT2D eigenvalue weighted by atomic mass is 32.2. The van der Waals surface area contributed by atoms with Crippen LogP contribution >= 0.6 is 23.5 Å². The zero-order valence-electron chi connectivity index (χ0n) is 8.13. The van der Waals surface area contributed by atoms with Crippen LogP contribution in [-0.2, 0) is 0 Å². The van der Waals surface area contributed by atoms with E-state index in [2.05, 4.69) is 23.5 Å². The van der Waals surface area contributed by atoms with Crippen molar-refractivity contribution in [3.05, 3.63) is 0 Å². The minimum Gasteiger partial charge on any atom is -0.330 e. The van der Waals surface area contributed by atoms with Gasteiger partial charge in [-0.25, -0.2) is 0 Å². The van der Waals surface area contributed by atoms with Gasteiger partial charge in [-0.15, -0.1) is 0 Å². The van der Waals surface area contributed by atoms with Gasteiger partial charge < -0.3 is 5.73 Å². The van der Waals surface area contributed by atoms with Crippen molar-refractivity contribution in [2.75, 3.05) is 29.6 Å². The average molecular weight is 217 g/mol. The largest absolute Gasteiger partial charge is 0.330 e. The van der Waals surface area contributed by atoms with Crippen LogP contribution in [0.15, 0.2) is 0 Å². The smallest absolute Gasteiger partial charge is 0.000707 e. The lowest BCUT2D eigenvalue weighted by Gasteiger charge is -2.46. The summed E-state index contributed by atoms with van der Waals surface area (Å²) >= 11 is 4.28. The molecule has 2 heterocycles. The summed E-state index contributed by atoms with van der Waals surface area (Å²) in [6, 6.07) is 0. The van der Waals surface area contributed by atoms with Gasteiger partial charge in [-0.05, 0) is 60.2 Å². The van der Waals surface area contributed by atoms with Crippen LogP contribution < -0.4 is 5.73 Å². The predicted octanol–water partition coefficient (Wildman–Crippen LogP) is 2.21. The normalized spacial score (nSPS) is 33.5. The predicted molar refractivity (Wildman–Crippen MR) is 63.5 cm³/mol. The van der Waals surface area contributed by atoms with E-state index in [-0.39, 0.29) is 0 Å². The van der Waals surface area contributed by atoms with Crippen molar-refractivity contribution in [1.82, 2.24) is 0 Å². The van der Waals surface area contributed by atoms with Gasteiger partial charge in [0.1, 0.15) is 0 Å². The van der Waals surface area contributed by atoms with Crippen LogP contribution in [0, 0.1) is 11.3 Å². The maximum atomic E-state index is 5.89. The first-order valence-corrected chi connectivity index (χ1v) is 7.54. The van der Waals surface area contributed by atoms with Gasteiger partial charge in [0, 0.05) is 0 Å². The van der Waals surface area contributed by atoms with E-state index in [9.17, 15) is 0 Å². The third kappa shape index (κ3) is 2.02. The molecule has 1 spiro atoms. The molecule has 76 valence electrons. The molecule has 13 heavy (non-hydrogen) atoms. The standard InChI is InChI=1S/C10H19NS2/c11-7-9-1-4-13-8-10(9)2-5-12-6-3-10/h9H,1-8,11H2. The zero-order valence-corrected chi connectivity index (χ0v) is 9.76. The van der Waals surface area contributed by atoms with E-state index in [1.165, 1.54) is 42.3 Å². The third-order valence-electron chi connectivity index (χ3n) is 3.64. The van der Waals surface area contributed by atoms with Crippen LogP contribution in [0.4, 0.5) is 0 Å². The molecule has 1 unspecified atom stereocenters. The highest BCUT2D eigenvalue weighted by Gasteiger charge is 2.40. The van der Waals surface area contributed by atoms with Gasteiger partial charge in [0.2, 0.25) is 0 Å². The summed E-state index contributed by atoms with van der Waals surface area (Å²) in [6.45, 7) is 0.922. The van der Waals surface area contributed by atoms with Crippen molar-refractivity contribution >= 4 is 23.5 Å². The Bertz CT molecular complexity index is 158. The average Bonchev–Trinajstić information content (AvgIpc) is 2.20. The highest BCUT2D eigenvalue weighted by Crippen LogP contribution is 2.48. The van der Waals surface area contributed by atoms with Crippen LogP contribution in [0.5, 0.6) is 0 Å². The van der Waals surface area contributed by atoms with E-state index >= 15 is 0 Å². The van der Waals surface area contributed by atoms with Crippen molar-refractivity contribution < 1.29 is 0 Å². The van der Waals surface area contributed by atoms with Gasteiger partial charge in [0.05, 0.1) is 0 Å². The van der Waals surface area contributed by atoms with Crippen LogP contribution in [0.2, 0.25) is 0 Å². The lowest BCUT2D eigenvalue weighted by atomic mass is 9.71. The fraction of sp³-hybridized carbons (Fsp3) is 1.00. The molecule has 0 aliphatic carbocycles. The molecule has 0 radical (unpaired) electrons. The number of hydrogen-bond donors (Lipinski definition) is 1. The van der Waals surface area contributed by atoms with E-state index in [0.29, 0.717) is 5.41 Å². The maximum absolute atomic E-state index is 5.89. The lowest BCUT2D eigenvalue weighted by Crippen LogP contribution is -2.43. The Hall–Kier alpha value is 0.660. The monoisotopic (exact) mass is 217 g/mol. The summed E-state index contributed by atoms with van der Waals surface area (Å²) in [5.41, 5.74) is 6.53. The molecule has 0 aromatic rings. The fourth-order valence-electron chi connectivity index (χ4n) is 2.62. The lowest BCUT2D eigenvalue weighted by molar-refractivity contribution is 0.169. The molecule has 2 saturated heterocycles.